The average molecular weight is 2620 g/mol. The van der Waals surface area contributed by atoms with Crippen molar-refractivity contribution in [1.82, 2.24) is 0 Å². The number of hydrogen-bond donors (Lipinski definition) is 0. The van der Waals surface area contributed by atoms with E-state index in [1.807, 2.05) is 0 Å². The van der Waals surface area contributed by atoms with Crippen LogP contribution in [0.15, 0.2) is 0 Å². The van der Waals surface area contributed by atoms with Crippen molar-refractivity contribution in [2.45, 2.75) is 0 Å². The molecule has 82 heteroatoms. The minimum atomic E-state index is -0.487. The standard InChI is InChI=1S/H84P82/c1-43(2)64(44(3)4)74(63(41)42)79(73(61(37)38)62(39)40)82(80(75(65(45(5)6)46(7)8)66(47(9)10)48(11)12)76(67(49(13)14)50(15)16)68(51(17)18)52(19)20)81(77(69(53(21)22)54(23)24)70(55(25)26)56(27)28)78(71(57(29)30)58(31)32)72(59(33)34)60(35)36/h1-42H2. The number of rotatable bonds is 39. The summed E-state index contributed by atoms with van der Waals surface area (Å²) in [6.07, 6.45) is 0. The Kier molecular flexibility index (Phi) is 91.6. The quantitative estimate of drug-likeness (QED) is 0.0538. The summed E-state index contributed by atoms with van der Waals surface area (Å²) in [5, 5.41) is 0. The van der Waals surface area contributed by atoms with Crippen molar-refractivity contribution in [3.8, 4) is 0 Å². The lowest BCUT2D eigenvalue weighted by Crippen LogP contribution is -1.75. The van der Waals surface area contributed by atoms with Gasteiger partial charge < -0.3 is 0 Å². The van der Waals surface area contributed by atoms with Gasteiger partial charge in [-0.25, -0.2) is 0 Å². The Labute approximate surface area is 644 Å². The molecule has 0 aliphatic rings. The highest BCUT2D eigenvalue weighted by atomic mass is 33.6. The first-order valence-electron chi connectivity index (χ1n) is 18.6. The molecule has 44 atom stereocenters. The first-order chi connectivity index (χ1) is 37.2. The van der Waals surface area contributed by atoms with E-state index in [4.69, 9.17) is 0 Å². The molecular weight excluding hydrogens is 2540 g/mol. The Morgan fingerprint density at radius 2 is 0.110 bits per heavy atom. The normalized spacial score (nSPS) is 15.4. The van der Waals surface area contributed by atoms with Crippen LogP contribution in [-0.4, -0.2) is 0 Å². The predicted octanol–water partition coefficient (Wildman–Crippen LogP) is 48.1. The molecule has 0 aromatic carbocycles. The molecule has 0 radical (unpaired) electrons. The van der Waals surface area contributed by atoms with Gasteiger partial charge in [-0.15, -0.1) is 375 Å². The van der Waals surface area contributed by atoms with Gasteiger partial charge in [-0.3, -0.25) is 0 Å². The summed E-state index contributed by atoms with van der Waals surface area (Å²) in [4.78, 5) is 0. The van der Waals surface area contributed by atoms with Crippen molar-refractivity contribution in [3.63, 3.8) is 0 Å². The lowest BCUT2D eigenvalue weighted by Gasteiger charge is -2.63. The van der Waals surface area contributed by atoms with Gasteiger partial charge in [0.1, 0.15) is 0 Å². The van der Waals surface area contributed by atoms with Gasteiger partial charge in [0.2, 0.25) is 0 Å². The lowest BCUT2D eigenvalue weighted by molar-refractivity contribution is 4.31. The molecule has 0 bridgehead atoms. The zero-order valence-corrected chi connectivity index (χ0v) is 126. The Morgan fingerprint density at radius 1 is 0.0610 bits per heavy atom. The fourth-order valence-electron chi connectivity index (χ4n) is 5.01. The van der Waals surface area contributed by atoms with E-state index in [2.05, 4.69) is 375 Å². The van der Waals surface area contributed by atoms with Gasteiger partial charge in [0.15, 0.2) is 0 Å². The van der Waals surface area contributed by atoms with Crippen LogP contribution in [0.25, 0.3) is 0 Å². The van der Waals surface area contributed by atoms with E-state index < -0.39 is 34.9 Å². The van der Waals surface area contributed by atoms with Gasteiger partial charge in [-0.2, -0.15) is 0 Å². The van der Waals surface area contributed by atoms with Gasteiger partial charge in [0, 0.05) is 0 Å². The molecule has 0 saturated heterocycles. The zero-order valence-electron chi connectivity index (χ0n) is 42.1. The molecule has 0 rings (SSSR count). The maximum absolute atomic E-state index is 3.80. The second kappa shape index (κ2) is 64.1. The molecule has 0 aromatic heterocycles. The van der Waals surface area contributed by atoms with Crippen LogP contribution in [0, 0.1) is 0 Å². The van der Waals surface area contributed by atoms with E-state index in [0.717, 1.165) is 0 Å². The van der Waals surface area contributed by atoms with Crippen molar-refractivity contribution in [1.29, 1.82) is 0 Å². The minimum absolute atomic E-state index is 0.280. The first-order valence-corrected chi connectivity index (χ1v) is 168. The smallest absolute Gasteiger partial charge is 0.00000417 e. The lowest BCUT2D eigenvalue weighted by atomic mass is 28.4. The molecule has 0 aliphatic carbocycles. The first kappa shape index (κ1) is 117. The fraction of sp³-hybridized carbons (Fsp3) is 0. The van der Waals surface area contributed by atoms with Crippen LogP contribution in [0.5, 0.6) is 0 Å². The van der Waals surface area contributed by atoms with Gasteiger partial charge in [0.25, 0.3) is 0 Å². The Balaban J connectivity index is 12.9. The molecule has 0 heterocycles. The van der Waals surface area contributed by atoms with Gasteiger partial charge in [-0.1, -0.05) is 0 Å². The van der Waals surface area contributed by atoms with E-state index in [1.165, 1.54) is 0 Å². The van der Waals surface area contributed by atoms with Gasteiger partial charge >= 0.3 is 0 Å². The molecule has 0 amide bonds. The minimum Gasteiger partial charge on any atom is -0.102 e. The maximum Gasteiger partial charge on any atom is -0.00000417 e. The van der Waals surface area contributed by atoms with Crippen LogP contribution in [0.4, 0.5) is 0 Å². The second-order valence-corrected chi connectivity index (χ2v) is 353. The Morgan fingerprint density at radius 3 is 0.183 bits per heavy atom. The third-order valence-electron chi connectivity index (χ3n) is 7.22. The van der Waals surface area contributed by atoms with Crippen LogP contribution in [-0.2, 0) is 0 Å². The molecule has 0 aliphatic heterocycles. The van der Waals surface area contributed by atoms with E-state index in [9.17, 15) is 0 Å². The molecule has 44 unspecified atom stereocenters. The topological polar surface area (TPSA) is 0 Å². The predicted molar refractivity (Wildman–Crippen MR) is 685 cm³/mol. The molecule has 0 fully saturated rings. The van der Waals surface area contributed by atoms with E-state index in [1.54, 1.807) is 0 Å². The van der Waals surface area contributed by atoms with Crippen molar-refractivity contribution in [2.75, 3.05) is 0 Å². The summed E-state index contributed by atoms with van der Waals surface area (Å²) < 4.78 is 0. The van der Waals surface area contributed by atoms with Crippen LogP contribution >= 0.6 is 654 Å². The summed E-state index contributed by atoms with van der Waals surface area (Å²) in [5.41, 5.74) is 0. The molecule has 0 spiro atoms. The molecule has 494 valence electrons. The fourth-order valence-corrected chi connectivity index (χ4v) is 1220. The molecular formula is H84P82. The highest BCUT2D eigenvalue weighted by Gasteiger charge is 2.65. The highest BCUT2D eigenvalue weighted by Crippen LogP contribution is 3.52. The van der Waals surface area contributed by atoms with E-state index in [0.29, 0.717) is 0 Å². The SMILES string of the molecule is PP(P)P(P(P)P)P(P(P)P)P(P(P(P)P)P(P)P)P(P(P(P(P(P)P)P(P)P)P(P(P)P)P(P)P)P(P(P(P)P)P(P)P)P(P(P)P)P(P)P)P(P(P(P(P)P)P(P)P)P(P(P)P)P(P)P)P(P(P(P)P)P(P)P)P(P(P)P)P(P)P. The molecule has 0 N–H and O–H groups in total. The van der Waals surface area contributed by atoms with Gasteiger partial charge in [0.05, 0.1) is 0 Å². The van der Waals surface area contributed by atoms with Crippen molar-refractivity contribution >= 4 is 654 Å². The largest absolute Gasteiger partial charge is 0.102 e. The van der Waals surface area contributed by atoms with Crippen LogP contribution < -0.4 is 0 Å². The van der Waals surface area contributed by atoms with Crippen LogP contribution in [0.3, 0.4) is 0 Å². The summed E-state index contributed by atoms with van der Waals surface area (Å²) in [6.45, 7) is -14.4. The van der Waals surface area contributed by atoms with Crippen molar-refractivity contribution in [3.05, 3.63) is 0 Å². The third-order valence-corrected chi connectivity index (χ3v) is 585. The molecule has 0 saturated carbocycles. The monoisotopic (exact) mass is 2620 g/mol. The van der Waals surface area contributed by atoms with Crippen molar-refractivity contribution in [2.24, 2.45) is 0 Å². The van der Waals surface area contributed by atoms with Crippen LogP contribution in [0.2, 0.25) is 0 Å². The van der Waals surface area contributed by atoms with Gasteiger partial charge in [-0.05, 0) is 279 Å². The maximum atomic E-state index is 3.80. The highest BCUT2D eigenvalue weighted by molar-refractivity contribution is 9.58. The molecule has 0 aromatic rings. The van der Waals surface area contributed by atoms with Crippen LogP contribution in [0.1, 0.15) is 0 Å². The second-order valence-electron chi connectivity index (χ2n) is 13.1. The summed E-state index contributed by atoms with van der Waals surface area (Å²) in [7, 11) is 155. The van der Waals surface area contributed by atoms with E-state index in [-0.39, 0.29) is 245 Å². The third kappa shape index (κ3) is 41.1. The number of hydrogen-bond acceptors (Lipinski definition) is 0. The summed E-state index contributed by atoms with van der Waals surface area (Å²) in [5.74, 6) is 0. The van der Waals surface area contributed by atoms with E-state index >= 15 is 0 Å². The summed E-state index contributed by atoms with van der Waals surface area (Å²) in [6, 6.07) is 0. The Bertz CT molecular complexity index is 1280. The molecule has 82 heavy (non-hydrogen) atoms. The summed E-state index contributed by atoms with van der Waals surface area (Å²) >= 11 is 0. The van der Waals surface area contributed by atoms with Crippen molar-refractivity contribution < 1.29 is 0 Å². The average Bonchev–Trinajstić information content (AvgIpc) is 3.24. The zero-order chi connectivity index (χ0) is 65.1. The Hall–Kier alpha value is 35.3. The molecule has 0 nitrogen and oxygen atoms in total.